The number of nitrogens with one attached hydrogen (secondary N) is 1. The van der Waals surface area contributed by atoms with Gasteiger partial charge in [-0.25, -0.2) is 0 Å². The molecule has 1 aliphatic rings. The fourth-order valence-electron chi connectivity index (χ4n) is 2.57. The van der Waals surface area contributed by atoms with Crippen LogP contribution in [0.4, 0.5) is 5.82 Å². The monoisotopic (exact) mass is 285 g/mol. The number of aromatic nitrogens is 2. The van der Waals surface area contributed by atoms with Crippen molar-refractivity contribution in [2.45, 2.75) is 12.8 Å². The summed E-state index contributed by atoms with van der Waals surface area (Å²) < 4.78 is 11.1. The number of rotatable bonds is 4. The molecular weight excluding hydrogens is 266 g/mol. The fourth-order valence-corrected chi connectivity index (χ4v) is 2.57. The Labute approximate surface area is 124 Å². The summed E-state index contributed by atoms with van der Waals surface area (Å²) >= 11 is 0. The molecule has 110 valence electrons. The Hall–Kier alpha value is -2.30. The van der Waals surface area contributed by atoms with Crippen LogP contribution in [0.1, 0.15) is 11.3 Å². The van der Waals surface area contributed by atoms with Crippen molar-refractivity contribution in [3.63, 3.8) is 0 Å². The highest BCUT2D eigenvalue weighted by atomic mass is 16.5. The van der Waals surface area contributed by atoms with Crippen LogP contribution in [0, 0.1) is 5.92 Å². The van der Waals surface area contributed by atoms with Gasteiger partial charge in [-0.1, -0.05) is 6.07 Å². The van der Waals surface area contributed by atoms with Crippen molar-refractivity contribution in [3.8, 4) is 11.5 Å². The van der Waals surface area contributed by atoms with E-state index in [4.69, 9.17) is 9.47 Å². The molecule has 0 aliphatic carbocycles. The zero-order chi connectivity index (χ0) is 14.7. The number of ether oxygens (including phenoxy) is 2. The van der Waals surface area contributed by atoms with Gasteiger partial charge in [-0.15, -0.1) is 5.10 Å². The molecular formula is C16H19N3O2. The van der Waals surface area contributed by atoms with E-state index in [9.17, 15) is 0 Å². The average Bonchev–Trinajstić information content (AvgIpc) is 2.55. The third kappa shape index (κ3) is 3.07. The summed E-state index contributed by atoms with van der Waals surface area (Å²) in [6.07, 6.45) is 1.87. The van der Waals surface area contributed by atoms with Gasteiger partial charge >= 0.3 is 0 Å². The second-order valence-electron chi connectivity index (χ2n) is 5.22. The van der Waals surface area contributed by atoms with Gasteiger partial charge in [0.1, 0.15) is 17.3 Å². The Morgan fingerprint density at radius 3 is 2.90 bits per heavy atom. The van der Waals surface area contributed by atoms with E-state index < -0.39 is 0 Å². The van der Waals surface area contributed by atoms with Crippen LogP contribution in [0.5, 0.6) is 11.5 Å². The summed E-state index contributed by atoms with van der Waals surface area (Å²) in [7, 11) is 3.50. The summed E-state index contributed by atoms with van der Waals surface area (Å²) in [4.78, 5) is 0. The lowest BCUT2D eigenvalue weighted by atomic mass is 9.92. The minimum atomic E-state index is 0.431. The van der Waals surface area contributed by atoms with E-state index in [1.165, 1.54) is 5.56 Å². The highest BCUT2D eigenvalue weighted by Crippen LogP contribution is 2.31. The Bertz CT molecular complexity index is 613. The molecule has 1 aromatic carbocycles. The molecule has 0 saturated heterocycles. The molecule has 1 atom stereocenters. The minimum Gasteiger partial charge on any atom is -0.497 e. The maximum absolute atomic E-state index is 5.86. The van der Waals surface area contributed by atoms with Crippen LogP contribution in [-0.2, 0) is 12.8 Å². The lowest BCUT2D eigenvalue weighted by Crippen LogP contribution is -2.23. The molecule has 1 N–H and O–H groups in total. The van der Waals surface area contributed by atoms with Crippen LogP contribution in [-0.4, -0.2) is 31.0 Å². The standard InChI is InChI=1S/C16H19N3O2/c1-17-16-6-4-13(18-19-16)8-11-7-12-3-5-14(20-2)9-15(12)21-10-11/h3-6,9,11H,7-8,10H2,1-2H3,(H,17,19)/t11-/m1/s1. The largest absolute Gasteiger partial charge is 0.497 e. The summed E-state index contributed by atoms with van der Waals surface area (Å²) in [6.45, 7) is 0.704. The number of nitrogens with zero attached hydrogens (tertiary/aromatic N) is 2. The third-order valence-corrected chi connectivity index (χ3v) is 3.73. The van der Waals surface area contributed by atoms with E-state index in [-0.39, 0.29) is 0 Å². The first-order valence-electron chi connectivity index (χ1n) is 7.08. The first kappa shape index (κ1) is 13.7. The molecule has 0 radical (unpaired) electrons. The predicted molar refractivity (Wildman–Crippen MR) is 81.0 cm³/mol. The Kier molecular flexibility index (Phi) is 3.90. The molecule has 0 fully saturated rings. The summed E-state index contributed by atoms with van der Waals surface area (Å²) in [5, 5.41) is 11.3. The van der Waals surface area contributed by atoms with Crippen molar-refractivity contribution in [2.24, 2.45) is 5.92 Å². The molecule has 0 saturated carbocycles. The number of methoxy groups -OCH3 is 1. The summed E-state index contributed by atoms with van der Waals surface area (Å²) in [5.41, 5.74) is 2.23. The summed E-state index contributed by atoms with van der Waals surface area (Å²) in [5.74, 6) is 2.99. The van der Waals surface area contributed by atoms with Gasteiger partial charge < -0.3 is 14.8 Å². The first-order valence-corrected chi connectivity index (χ1v) is 7.08. The van der Waals surface area contributed by atoms with Gasteiger partial charge in [0.05, 0.1) is 19.4 Å². The molecule has 2 aromatic rings. The molecule has 5 heteroatoms. The highest BCUT2D eigenvalue weighted by molar-refractivity contribution is 5.42. The van der Waals surface area contributed by atoms with Gasteiger partial charge in [-0.3, -0.25) is 0 Å². The van der Waals surface area contributed by atoms with Crippen molar-refractivity contribution in [1.29, 1.82) is 0 Å². The van der Waals surface area contributed by atoms with Gasteiger partial charge in [0.15, 0.2) is 0 Å². The molecule has 1 aromatic heterocycles. The SMILES string of the molecule is CNc1ccc(C[C@@H]2COc3cc(OC)ccc3C2)nn1. The Morgan fingerprint density at radius 2 is 2.19 bits per heavy atom. The van der Waals surface area contributed by atoms with Gasteiger partial charge in [0.2, 0.25) is 0 Å². The van der Waals surface area contributed by atoms with E-state index in [2.05, 4.69) is 21.6 Å². The maximum Gasteiger partial charge on any atom is 0.148 e. The average molecular weight is 285 g/mol. The molecule has 1 aliphatic heterocycles. The van der Waals surface area contributed by atoms with Gasteiger partial charge in [0.25, 0.3) is 0 Å². The second kappa shape index (κ2) is 5.99. The van der Waals surface area contributed by atoms with Crippen molar-refractivity contribution in [3.05, 3.63) is 41.6 Å². The summed E-state index contributed by atoms with van der Waals surface area (Å²) in [6, 6.07) is 9.97. The number of anilines is 1. The van der Waals surface area contributed by atoms with Crippen LogP contribution < -0.4 is 14.8 Å². The topological polar surface area (TPSA) is 56.3 Å². The first-order chi connectivity index (χ1) is 10.3. The molecule has 2 heterocycles. The van der Waals surface area contributed by atoms with E-state index in [1.54, 1.807) is 7.11 Å². The quantitative estimate of drug-likeness (QED) is 0.934. The minimum absolute atomic E-state index is 0.431. The number of benzene rings is 1. The molecule has 21 heavy (non-hydrogen) atoms. The molecule has 0 unspecified atom stereocenters. The van der Waals surface area contributed by atoms with Crippen molar-refractivity contribution < 1.29 is 9.47 Å². The number of fused-ring (bicyclic) bond motifs is 1. The van der Waals surface area contributed by atoms with Gasteiger partial charge in [-0.2, -0.15) is 5.10 Å². The number of hydrogen-bond acceptors (Lipinski definition) is 5. The Balaban J connectivity index is 1.68. The number of hydrogen-bond donors (Lipinski definition) is 1. The van der Waals surface area contributed by atoms with Crippen molar-refractivity contribution in [1.82, 2.24) is 10.2 Å². The second-order valence-corrected chi connectivity index (χ2v) is 5.22. The van der Waals surface area contributed by atoms with E-state index in [0.717, 1.165) is 35.9 Å². The Morgan fingerprint density at radius 1 is 1.29 bits per heavy atom. The van der Waals surface area contributed by atoms with Crippen LogP contribution >= 0.6 is 0 Å². The zero-order valence-electron chi connectivity index (χ0n) is 12.3. The molecule has 3 rings (SSSR count). The lowest BCUT2D eigenvalue weighted by Gasteiger charge is -2.25. The fraction of sp³-hybridized carbons (Fsp3) is 0.375. The molecule has 0 spiro atoms. The van der Waals surface area contributed by atoms with Crippen LogP contribution in [0.15, 0.2) is 30.3 Å². The predicted octanol–water partition coefficient (Wildman–Crippen LogP) is 2.32. The zero-order valence-corrected chi connectivity index (χ0v) is 12.3. The molecule has 0 amide bonds. The van der Waals surface area contributed by atoms with Crippen molar-refractivity contribution in [2.75, 3.05) is 26.1 Å². The smallest absolute Gasteiger partial charge is 0.148 e. The van der Waals surface area contributed by atoms with Crippen LogP contribution in [0.2, 0.25) is 0 Å². The van der Waals surface area contributed by atoms with Gasteiger partial charge in [0, 0.05) is 19.0 Å². The normalized spacial score (nSPS) is 16.8. The van der Waals surface area contributed by atoms with Crippen molar-refractivity contribution >= 4 is 5.82 Å². The van der Waals surface area contributed by atoms with E-state index in [1.807, 2.05) is 31.3 Å². The molecule has 5 nitrogen and oxygen atoms in total. The van der Waals surface area contributed by atoms with Crippen LogP contribution in [0.3, 0.4) is 0 Å². The lowest BCUT2D eigenvalue weighted by molar-refractivity contribution is 0.219. The van der Waals surface area contributed by atoms with E-state index in [0.29, 0.717) is 12.5 Å². The third-order valence-electron chi connectivity index (χ3n) is 3.73. The van der Waals surface area contributed by atoms with Gasteiger partial charge in [-0.05, 0) is 36.6 Å². The van der Waals surface area contributed by atoms with E-state index >= 15 is 0 Å². The van der Waals surface area contributed by atoms with Crippen LogP contribution in [0.25, 0.3) is 0 Å². The molecule has 0 bridgehead atoms. The highest BCUT2D eigenvalue weighted by Gasteiger charge is 2.21. The maximum atomic E-state index is 5.86.